The van der Waals surface area contributed by atoms with Gasteiger partial charge in [0, 0.05) is 17.2 Å². The molecule has 1 heterocycles. The molecule has 178 valence electrons. The molecule has 0 unspecified atom stereocenters. The van der Waals surface area contributed by atoms with Gasteiger partial charge in [-0.2, -0.15) is 0 Å². The Morgan fingerprint density at radius 3 is 2.21 bits per heavy atom. The first-order valence-electron chi connectivity index (χ1n) is 12.0. The maximum Gasteiger partial charge on any atom is 0.329 e. The minimum atomic E-state index is -1.01. The van der Waals surface area contributed by atoms with E-state index in [-0.39, 0.29) is 11.3 Å². The van der Waals surface area contributed by atoms with Crippen LogP contribution in [-0.4, -0.2) is 43.1 Å². The Hall–Kier alpha value is -2.77. The van der Waals surface area contributed by atoms with Gasteiger partial charge < -0.3 is 24.8 Å². The molecule has 4 saturated carbocycles. The molecular weight excluding hydrogens is 424 g/mol. The number of fused-ring (bicyclic) bond motifs is 1. The van der Waals surface area contributed by atoms with Crippen LogP contribution >= 0.6 is 0 Å². The number of rotatable bonds is 6. The molecular formula is C25H32N2O6. The van der Waals surface area contributed by atoms with Crippen molar-refractivity contribution >= 4 is 23.5 Å². The molecule has 4 aliphatic carbocycles. The summed E-state index contributed by atoms with van der Waals surface area (Å²) in [5.74, 6) is 2.03. The van der Waals surface area contributed by atoms with Crippen molar-refractivity contribution < 1.29 is 28.6 Å². The van der Waals surface area contributed by atoms with Crippen LogP contribution in [0.2, 0.25) is 0 Å². The lowest BCUT2D eigenvalue weighted by Gasteiger charge is -2.55. The molecule has 0 radical (unpaired) electrons. The molecule has 2 N–H and O–H groups in total. The van der Waals surface area contributed by atoms with Gasteiger partial charge in [-0.05, 0) is 82.3 Å². The number of amides is 2. The molecule has 1 aromatic rings. The van der Waals surface area contributed by atoms with Crippen LogP contribution in [0.4, 0.5) is 5.69 Å². The largest absolute Gasteiger partial charge is 0.486 e. The highest BCUT2D eigenvalue weighted by Crippen LogP contribution is 2.60. The summed E-state index contributed by atoms with van der Waals surface area (Å²) in [6.45, 7) is 4.07. The Labute approximate surface area is 193 Å². The molecule has 33 heavy (non-hydrogen) atoms. The van der Waals surface area contributed by atoms with E-state index in [0.29, 0.717) is 48.2 Å². The molecule has 0 spiro atoms. The van der Waals surface area contributed by atoms with Crippen molar-refractivity contribution in [3.05, 3.63) is 18.2 Å². The number of carbonyl (C=O) groups excluding carboxylic acids is 3. The van der Waals surface area contributed by atoms with Crippen molar-refractivity contribution in [2.45, 2.75) is 64.5 Å². The van der Waals surface area contributed by atoms with Crippen LogP contribution in [0.15, 0.2) is 18.2 Å². The fraction of sp³-hybridized carbons (Fsp3) is 0.640. The normalized spacial score (nSPS) is 30.8. The Morgan fingerprint density at radius 2 is 1.58 bits per heavy atom. The maximum absolute atomic E-state index is 13.2. The average Bonchev–Trinajstić information content (AvgIpc) is 2.78. The number of esters is 1. The highest BCUT2D eigenvalue weighted by molar-refractivity contribution is 5.96. The second-order valence-corrected chi connectivity index (χ2v) is 10.3. The second-order valence-electron chi connectivity index (χ2n) is 10.3. The zero-order valence-electron chi connectivity index (χ0n) is 19.2. The molecule has 8 nitrogen and oxygen atoms in total. The fourth-order valence-corrected chi connectivity index (χ4v) is 6.49. The molecule has 1 aliphatic heterocycles. The van der Waals surface area contributed by atoms with Gasteiger partial charge in [0.25, 0.3) is 5.91 Å². The minimum Gasteiger partial charge on any atom is -0.486 e. The lowest BCUT2D eigenvalue weighted by molar-refractivity contribution is -0.158. The summed E-state index contributed by atoms with van der Waals surface area (Å²) in [5.41, 5.74) is 0.195. The molecule has 6 rings (SSSR count). The summed E-state index contributed by atoms with van der Waals surface area (Å²) in [6, 6.07) is 4.29. The Kier molecular flexibility index (Phi) is 5.70. The molecule has 8 heteroatoms. The van der Waals surface area contributed by atoms with Gasteiger partial charge in [-0.15, -0.1) is 0 Å². The van der Waals surface area contributed by atoms with Crippen LogP contribution in [0.25, 0.3) is 0 Å². The maximum atomic E-state index is 13.2. The van der Waals surface area contributed by atoms with Crippen LogP contribution < -0.4 is 20.1 Å². The topological polar surface area (TPSA) is 103 Å². The first kappa shape index (κ1) is 22.0. The van der Waals surface area contributed by atoms with Gasteiger partial charge in [0.15, 0.2) is 17.6 Å². The number of anilines is 1. The van der Waals surface area contributed by atoms with Crippen LogP contribution in [0, 0.1) is 23.2 Å². The van der Waals surface area contributed by atoms with Crippen LogP contribution in [0.3, 0.4) is 0 Å². The summed E-state index contributed by atoms with van der Waals surface area (Å²) in [7, 11) is 0. The van der Waals surface area contributed by atoms with Gasteiger partial charge in [-0.1, -0.05) is 0 Å². The molecule has 0 aromatic heterocycles. The van der Waals surface area contributed by atoms with Crippen molar-refractivity contribution in [2.24, 2.45) is 23.2 Å². The quantitative estimate of drug-likeness (QED) is 0.638. The smallest absolute Gasteiger partial charge is 0.329 e. The average molecular weight is 457 g/mol. The second kappa shape index (κ2) is 8.54. The van der Waals surface area contributed by atoms with E-state index in [1.807, 2.05) is 0 Å². The van der Waals surface area contributed by atoms with Gasteiger partial charge in [-0.25, -0.2) is 4.79 Å². The van der Waals surface area contributed by atoms with E-state index in [2.05, 4.69) is 10.6 Å². The van der Waals surface area contributed by atoms with E-state index in [4.69, 9.17) is 14.2 Å². The van der Waals surface area contributed by atoms with Crippen LogP contribution in [0.5, 0.6) is 11.5 Å². The predicted octanol–water partition coefficient (Wildman–Crippen LogP) is 3.05. The third-order valence-electron chi connectivity index (χ3n) is 7.69. The van der Waals surface area contributed by atoms with E-state index in [1.54, 1.807) is 25.1 Å². The van der Waals surface area contributed by atoms with Crippen molar-refractivity contribution in [3.8, 4) is 11.5 Å². The van der Waals surface area contributed by atoms with Gasteiger partial charge in [0.1, 0.15) is 19.3 Å². The van der Waals surface area contributed by atoms with Gasteiger partial charge in [0.05, 0.1) is 0 Å². The number of ether oxygens (including phenoxy) is 3. The SMILES string of the molecule is C[C@H](NC(=O)C12CC3CC(CC(C3)C1)C2)C(=O)O[C@H](C)C(=O)Nc1ccc2c(c1)OCCO2. The number of benzene rings is 1. The molecule has 2 atom stereocenters. The molecule has 4 fully saturated rings. The van der Waals surface area contributed by atoms with E-state index in [0.717, 1.165) is 19.3 Å². The summed E-state index contributed by atoms with van der Waals surface area (Å²) < 4.78 is 16.4. The summed E-state index contributed by atoms with van der Waals surface area (Å²) in [6.07, 6.45) is 5.54. The van der Waals surface area contributed by atoms with E-state index >= 15 is 0 Å². The van der Waals surface area contributed by atoms with Gasteiger partial charge >= 0.3 is 5.97 Å². The standard InChI is InChI=1S/C25H32N2O6/c1-14(26-24(30)25-11-16-7-17(12-25)9-18(8-16)13-25)23(29)33-15(2)22(28)27-19-3-4-20-21(10-19)32-6-5-31-20/h3-4,10,14-18H,5-9,11-13H2,1-2H3,(H,26,30)(H,27,28)/t14-,15+,16?,17?,18?,25?/m0/s1. The van der Waals surface area contributed by atoms with Gasteiger partial charge in [-0.3, -0.25) is 9.59 Å². The number of hydrogen-bond donors (Lipinski definition) is 2. The van der Waals surface area contributed by atoms with Crippen molar-refractivity contribution in [3.63, 3.8) is 0 Å². The third-order valence-corrected chi connectivity index (χ3v) is 7.69. The monoisotopic (exact) mass is 456 g/mol. The van der Waals surface area contributed by atoms with Crippen molar-refractivity contribution in [2.75, 3.05) is 18.5 Å². The van der Waals surface area contributed by atoms with E-state index in [9.17, 15) is 14.4 Å². The highest BCUT2D eigenvalue weighted by atomic mass is 16.6. The first-order chi connectivity index (χ1) is 15.8. The molecule has 5 aliphatic rings. The first-order valence-corrected chi connectivity index (χ1v) is 12.0. The van der Waals surface area contributed by atoms with E-state index in [1.165, 1.54) is 26.2 Å². The van der Waals surface area contributed by atoms with Crippen molar-refractivity contribution in [1.29, 1.82) is 0 Å². The fourth-order valence-electron chi connectivity index (χ4n) is 6.49. The Balaban J connectivity index is 1.14. The Bertz CT molecular complexity index is 925. The zero-order valence-corrected chi connectivity index (χ0v) is 19.2. The molecule has 1 aromatic carbocycles. The predicted molar refractivity (Wildman–Crippen MR) is 120 cm³/mol. The van der Waals surface area contributed by atoms with Gasteiger partial charge in [0.2, 0.25) is 5.91 Å². The zero-order chi connectivity index (χ0) is 23.2. The number of carbonyl (C=O) groups is 3. The van der Waals surface area contributed by atoms with E-state index < -0.39 is 24.0 Å². The summed E-state index contributed by atoms with van der Waals surface area (Å²) >= 11 is 0. The molecule has 4 bridgehead atoms. The highest BCUT2D eigenvalue weighted by Gasteiger charge is 2.54. The van der Waals surface area contributed by atoms with Crippen LogP contribution in [0.1, 0.15) is 52.4 Å². The number of nitrogens with one attached hydrogen (secondary N) is 2. The summed E-state index contributed by atoms with van der Waals surface area (Å²) in [5, 5.41) is 5.62. The lowest BCUT2D eigenvalue weighted by atomic mass is 9.49. The lowest BCUT2D eigenvalue weighted by Crippen LogP contribution is -2.56. The van der Waals surface area contributed by atoms with Crippen LogP contribution in [-0.2, 0) is 19.1 Å². The van der Waals surface area contributed by atoms with Crippen molar-refractivity contribution in [1.82, 2.24) is 5.32 Å². The third kappa shape index (κ3) is 4.39. The molecule has 2 amide bonds. The molecule has 0 saturated heterocycles. The summed E-state index contributed by atoms with van der Waals surface area (Å²) in [4.78, 5) is 38.3. The number of hydrogen-bond acceptors (Lipinski definition) is 6. The Morgan fingerprint density at radius 1 is 0.970 bits per heavy atom. The minimum absolute atomic E-state index is 0.0283.